The van der Waals surface area contributed by atoms with Gasteiger partial charge in [-0.05, 0) is 71.9 Å². The standard InChI is InChI=1S/C28H24N4O3S/c1-18-6-4-10-22(16-18)26(34)29-23-14-12-20(13-15-23)27(35)31-32-28(36)30-25(33)17-21-9-5-8-19-7-2-3-11-24(19)21/h2-16H,17H2,1H3,(H,29,34)(H,31,35)(H2,30,32,33,36). The van der Waals surface area contributed by atoms with Crippen LogP contribution in [-0.2, 0) is 11.2 Å². The highest BCUT2D eigenvalue weighted by Crippen LogP contribution is 2.19. The lowest BCUT2D eigenvalue weighted by Crippen LogP contribution is -2.48. The van der Waals surface area contributed by atoms with Crippen molar-refractivity contribution in [3.05, 3.63) is 113 Å². The molecule has 3 amide bonds. The van der Waals surface area contributed by atoms with Crippen molar-refractivity contribution in [2.45, 2.75) is 13.3 Å². The number of fused-ring (bicyclic) bond motifs is 1. The Kier molecular flexibility index (Phi) is 7.67. The quantitative estimate of drug-likeness (QED) is 0.244. The van der Waals surface area contributed by atoms with Crippen molar-refractivity contribution < 1.29 is 14.4 Å². The number of carbonyl (C=O) groups excluding carboxylic acids is 3. The van der Waals surface area contributed by atoms with Gasteiger partial charge in [0.1, 0.15) is 0 Å². The minimum atomic E-state index is -0.447. The molecular weight excluding hydrogens is 472 g/mol. The highest BCUT2D eigenvalue weighted by Gasteiger charge is 2.11. The Morgan fingerprint density at radius 2 is 1.47 bits per heavy atom. The van der Waals surface area contributed by atoms with Gasteiger partial charge in [0, 0.05) is 16.8 Å². The molecule has 0 saturated carbocycles. The molecule has 0 unspecified atom stereocenters. The van der Waals surface area contributed by atoms with Crippen LogP contribution in [0.5, 0.6) is 0 Å². The zero-order valence-corrected chi connectivity index (χ0v) is 20.3. The smallest absolute Gasteiger partial charge is 0.269 e. The second kappa shape index (κ2) is 11.2. The highest BCUT2D eigenvalue weighted by atomic mass is 32.1. The Bertz CT molecular complexity index is 1450. The first-order valence-corrected chi connectivity index (χ1v) is 11.6. The Labute approximate surface area is 213 Å². The van der Waals surface area contributed by atoms with Crippen molar-refractivity contribution in [2.24, 2.45) is 0 Å². The molecule has 4 aromatic rings. The van der Waals surface area contributed by atoms with Gasteiger partial charge in [-0.2, -0.15) is 0 Å². The van der Waals surface area contributed by atoms with Gasteiger partial charge >= 0.3 is 0 Å². The first-order chi connectivity index (χ1) is 17.4. The first-order valence-electron chi connectivity index (χ1n) is 11.2. The van der Waals surface area contributed by atoms with Crippen molar-refractivity contribution in [1.82, 2.24) is 16.2 Å². The summed E-state index contributed by atoms with van der Waals surface area (Å²) in [5.74, 6) is -0.980. The molecule has 0 aromatic heterocycles. The molecule has 0 aliphatic carbocycles. The third kappa shape index (κ3) is 6.31. The molecule has 180 valence electrons. The molecule has 8 heteroatoms. The summed E-state index contributed by atoms with van der Waals surface area (Å²) >= 11 is 5.13. The zero-order chi connectivity index (χ0) is 25.5. The van der Waals surface area contributed by atoms with Crippen LogP contribution in [0.1, 0.15) is 31.8 Å². The predicted octanol–water partition coefficient (Wildman–Crippen LogP) is 4.28. The molecule has 0 bridgehead atoms. The summed E-state index contributed by atoms with van der Waals surface area (Å²) in [4.78, 5) is 37.3. The van der Waals surface area contributed by atoms with Gasteiger partial charge in [-0.25, -0.2) is 0 Å². The average Bonchev–Trinajstić information content (AvgIpc) is 2.88. The minimum absolute atomic E-state index is 0.0179. The molecule has 4 rings (SSSR count). The van der Waals surface area contributed by atoms with Gasteiger partial charge in [0.05, 0.1) is 6.42 Å². The van der Waals surface area contributed by atoms with Crippen molar-refractivity contribution >= 4 is 51.5 Å². The maximum Gasteiger partial charge on any atom is 0.269 e. The number of hydrogen-bond acceptors (Lipinski definition) is 4. The summed E-state index contributed by atoms with van der Waals surface area (Å²) < 4.78 is 0. The molecule has 0 spiro atoms. The number of amides is 3. The fraction of sp³-hybridized carbons (Fsp3) is 0.0714. The number of hydrazine groups is 1. The van der Waals surface area contributed by atoms with Crippen LogP contribution in [0.25, 0.3) is 10.8 Å². The molecular formula is C28H24N4O3S. The summed E-state index contributed by atoms with van der Waals surface area (Å²) in [6.45, 7) is 1.92. The van der Waals surface area contributed by atoms with E-state index < -0.39 is 5.91 Å². The molecule has 0 fully saturated rings. The summed E-state index contributed by atoms with van der Waals surface area (Å²) in [6.07, 6.45) is 0.146. The van der Waals surface area contributed by atoms with Crippen molar-refractivity contribution in [3.63, 3.8) is 0 Å². The second-order valence-corrected chi connectivity index (χ2v) is 8.58. The van der Waals surface area contributed by atoms with E-state index >= 15 is 0 Å². The summed E-state index contributed by atoms with van der Waals surface area (Å²) in [6, 6.07) is 27.3. The van der Waals surface area contributed by atoms with E-state index in [2.05, 4.69) is 21.5 Å². The van der Waals surface area contributed by atoms with E-state index in [1.54, 1.807) is 36.4 Å². The van der Waals surface area contributed by atoms with E-state index in [1.165, 1.54) is 0 Å². The van der Waals surface area contributed by atoms with Gasteiger partial charge in [-0.3, -0.25) is 25.2 Å². The molecule has 0 saturated heterocycles. The van der Waals surface area contributed by atoms with E-state index in [0.717, 1.165) is 21.9 Å². The van der Waals surface area contributed by atoms with Crippen molar-refractivity contribution in [3.8, 4) is 0 Å². The lowest BCUT2D eigenvalue weighted by molar-refractivity contribution is -0.119. The summed E-state index contributed by atoms with van der Waals surface area (Å²) in [7, 11) is 0. The Balaban J connectivity index is 1.26. The number of anilines is 1. The largest absolute Gasteiger partial charge is 0.322 e. The van der Waals surface area contributed by atoms with E-state index in [9.17, 15) is 14.4 Å². The molecule has 7 nitrogen and oxygen atoms in total. The summed E-state index contributed by atoms with van der Waals surface area (Å²) in [5, 5.41) is 7.40. The third-order valence-corrected chi connectivity index (χ3v) is 5.66. The van der Waals surface area contributed by atoms with Crippen LogP contribution in [0.2, 0.25) is 0 Å². The molecule has 0 atom stereocenters. The number of benzene rings is 4. The lowest BCUT2D eigenvalue weighted by Gasteiger charge is -2.12. The van der Waals surface area contributed by atoms with E-state index in [-0.39, 0.29) is 23.3 Å². The zero-order valence-electron chi connectivity index (χ0n) is 19.5. The Hall–Kier alpha value is -4.56. The van der Waals surface area contributed by atoms with Crippen LogP contribution in [-0.4, -0.2) is 22.8 Å². The molecule has 0 aliphatic rings. The van der Waals surface area contributed by atoms with Gasteiger partial charge in [0.25, 0.3) is 11.8 Å². The van der Waals surface area contributed by atoms with Crippen LogP contribution in [0.4, 0.5) is 5.69 Å². The number of hydrogen-bond donors (Lipinski definition) is 4. The molecule has 0 aliphatic heterocycles. The van der Waals surface area contributed by atoms with E-state index in [4.69, 9.17) is 12.2 Å². The second-order valence-electron chi connectivity index (χ2n) is 8.17. The number of aryl methyl sites for hydroxylation is 1. The third-order valence-electron chi connectivity index (χ3n) is 5.46. The molecule has 0 radical (unpaired) electrons. The predicted molar refractivity (Wildman–Crippen MR) is 145 cm³/mol. The number of thiocarbonyl (C=S) groups is 1. The maximum atomic E-state index is 12.4. The van der Waals surface area contributed by atoms with Gasteiger partial charge in [0.15, 0.2) is 5.11 Å². The molecule has 0 heterocycles. The van der Waals surface area contributed by atoms with Crippen LogP contribution < -0.4 is 21.5 Å². The first kappa shape index (κ1) is 24.6. The average molecular weight is 497 g/mol. The minimum Gasteiger partial charge on any atom is -0.322 e. The monoisotopic (exact) mass is 496 g/mol. The van der Waals surface area contributed by atoms with Gasteiger partial charge in [-0.1, -0.05) is 60.2 Å². The SMILES string of the molecule is Cc1cccc(C(=O)Nc2ccc(C(=O)NNC(=S)NC(=O)Cc3cccc4ccccc34)cc2)c1. The van der Waals surface area contributed by atoms with Crippen molar-refractivity contribution in [1.29, 1.82) is 0 Å². The number of nitrogens with one attached hydrogen (secondary N) is 4. The van der Waals surface area contributed by atoms with E-state index in [0.29, 0.717) is 16.8 Å². The van der Waals surface area contributed by atoms with Gasteiger partial charge < -0.3 is 10.6 Å². The van der Waals surface area contributed by atoms with Crippen LogP contribution in [0.15, 0.2) is 91.0 Å². The molecule has 4 N–H and O–H groups in total. The van der Waals surface area contributed by atoms with Gasteiger partial charge in [0.2, 0.25) is 5.91 Å². The van der Waals surface area contributed by atoms with Gasteiger partial charge in [-0.15, -0.1) is 0 Å². The highest BCUT2D eigenvalue weighted by molar-refractivity contribution is 7.80. The van der Waals surface area contributed by atoms with Crippen LogP contribution in [0.3, 0.4) is 0 Å². The molecule has 4 aromatic carbocycles. The van der Waals surface area contributed by atoms with E-state index in [1.807, 2.05) is 61.5 Å². The van der Waals surface area contributed by atoms with Crippen molar-refractivity contribution in [2.75, 3.05) is 5.32 Å². The molecule has 36 heavy (non-hydrogen) atoms. The maximum absolute atomic E-state index is 12.4. The van der Waals surface area contributed by atoms with Crippen LogP contribution in [0, 0.1) is 6.92 Å². The topological polar surface area (TPSA) is 99.3 Å². The lowest BCUT2D eigenvalue weighted by atomic mass is 10.0. The summed E-state index contributed by atoms with van der Waals surface area (Å²) in [5.41, 5.74) is 8.33. The Morgan fingerprint density at radius 1 is 0.750 bits per heavy atom. The normalized spacial score (nSPS) is 10.4. The Morgan fingerprint density at radius 3 is 2.25 bits per heavy atom. The van der Waals surface area contributed by atoms with Crippen LogP contribution >= 0.6 is 12.2 Å². The fourth-order valence-corrected chi connectivity index (χ4v) is 3.87. The fourth-order valence-electron chi connectivity index (χ4n) is 3.70. The number of rotatable bonds is 5. The number of carbonyl (C=O) groups is 3.